The summed E-state index contributed by atoms with van der Waals surface area (Å²) in [6.45, 7) is 4.89. The first-order valence-corrected chi connectivity index (χ1v) is 7.60. The number of rotatable bonds is 5. The number of benzene rings is 1. The Bertz CT molecular complexity index is 488. The van der Waals surface area contributed by atoms with E-state index in [2.05, 4.69) is 17.1 Å². The highest BCUT2D eigenvalue weighted by molar-refractivity contribution is 5.94. The molecule has 1 unspecified atom stereocenters. The molecule has 1 fully saturated rings. The minimum atomic E-state index is -0.129. The second kappa shape index (κ2) is 7.43. The van der Waals surface area contributed by atoms with Gasteiger partial charge in [-0.05, 0) is 50.0 Å². The summed E-state index contributed by atoms with van der Waals surface area (Å²) in [5.74, 6) is -0.0683. The van der Waals surface area contributed by atoms with Crippen molar-refractivity contribution in [3.63, 3.8) is 0 Å². The van der Waals surface area contributed by atoms with E-state index in [-0.39, 0.29) is 24.2 Å². The van der Waals surface area contributed by atoms with Gasteiger partial charge in [-0.1, -0.05) is 13.0 Å². The number of nitrogens with zero attached hydrogens (tertiary/aromatic N) is 1. The molecule has 1 heterocycles. The van der Waals surface area contributed by atoms with Crippen LogP contribution in [0.2, 0.25) is 0 Å². The molecule has 1 saturated heterocycles. The molecule has 0 bridgehead atoms. The molecule has 0 spiro atoms. The number of phenols is 1. The number of phenolic OH excluding ortho intramolecular Hbond substituents is 1. The third kappa shape index (κ3) is 4.19. The first-order valence-electron chi connectivity index (χ1n) is 7.60. The fourth-order valence-corrected chi connectivity index (χ4v) is 2.80. The number of hydrogen-bond acceptors (Lipinski definition) is 4. The summed E-state index contributed by atoms with van der Waals surface area (Å²) in [5.41, 5.74) is 1.03. The molecule has 0 saturated carbocycles. The lowest BCUT2D eigenvalue weighted by molar-refractivity contribution is -0.121. The van der Waals surface area contributed by atoms with Crippen molar-refractivity contribution in [3.8, 4) is 5.75 Å². The molecule has 1 aliphatic heterocycles. The van der Waals surface area contributed by atoms with Crippen molar-refractivity contribution >= 4 is 11.6 Å². The molecule has 5 nitrogen and oxygen atoms in total. The number of anilines is 1. The Morgan fingerprint density at radius 1 is 1.48 bits per heavy atom. The molecule has 5 heteroatoms. The summed E-state index contributed by atoms with van der Waals surface area (Å²) in [5, 5.41) is 21.7. The summed E-state index contributed by atoms with van der Waals surface area (Å²) >= 11 is 0. The van der Waals surface area contributed by atoms with Gasteiger partial charge >= 0.3 is 0 Å². The maximum absolute atomic E-state index is 12.3. The summed E-state index contributed by atoms with van der Waals surface area (Å²) in [6, 6.07) is 4.80. The number of piperidine rings is 1. The van der Waals surface area contributed by atoms with Crippen molar-refractivity contribution < 1.29 is 15.0 Å². The van der Waals surface area contributed by atoms with Crippen LogP contribution in [-0.2, 0) is 11.4 Å². The Balaban J connectivity index is 1.97. The third-order valence-corrected chi connectivity index (χ3v) is 3.92. The van der Waals surface area contributed by atoms with E-state index in [1.54, 1.807) is 12.1 Å². The van der Waals surface area contributed by atoms with E-state index in [0.717, 1.165) is 38.9 Å². The zero-order chi connectivity index (χ0) is 15.2. The van der Waals surface area contributed by atoms with Crippen LogP contribution in [0.3, 0.4) is 0 Å². The van der Waals surface area contributed by atoms with Gasteiger partial charge < -0.3 is 20.4 Å². The fraction of sp³-hybridized carbons (Fsp3) is 0.562. The van der Waals surface area contributed by atoms with Gasteiger partial charge in [0.2, 0.25) is 5.91 Å². The topological polar surface area (TPSA) is 72.8 Å². The fourth-order valence-electron chi connectivity index (χ4n) is 2.80. The molecule has 1 aromatic carbocycles. The van der Waals surface area contributed by atoms with Crippen molar-refractivity contribution in [1.82, 2.24) is 4.90 Å². The Morgan fingerprint density at radius 2 is 2.29 bits per heavy atom. The highest BCUT2D eigenvalue weighted by atomic mass is 16.3. The lowest BCUT2D eigenvalue weighted by Gasteiger charge is -2.31. The monoisotopic (exact) mass is 292 g/mol. The number of hydrogen-bond donors (Lipinski definition) is 3. The molecule has 0 aliphatic carbocycles. The molecule has 1 amide bonds. The quantitative estimate of drug-likeness (QED) is 0.725. The van der Waals surface area contributed by atoms with E-state index >= 15 is 0 Å². The largest absolute Gasteiger partial charge is 0.506 e. The standard InChI is InChI=1S/C16H24N2O3/c1-2-7-18-8-3-4-13(10-18)16(21)17-14-6-5-12(11-19)9-15(14)20/h5-6,9,13,19-20H,2-4,7-8,10-11H2,1H3,(H,17,21). The number of aromatic hydroxyl groups is 1. The van der Waals surface area contributed by atoms with Crippen LogP contribution in [-0.4, -0.2) is 40.7 Å². The van der Waals surface area contributed by atoms with Crippen LogP contribution in [0.5, 0.6) is 5.75 Å². The third-order valence-electron chi connectivity index (χ3n) is 3.92. The van der Waals surface area contributed by atoms with Crippen LogP contribution in [0, 0.1) is 5.92 Å². The summed E-state index contributed by atoms with van der Waals surface area (Å²) in [7, 11) is 0. The average Bonchev–Trinajstić information content (AvgIpc) is 2.50. The molecular weight excluding hydrogens is 268 g/mol. The van der Waals surface area contributed by atoms with Crippen LogP contribution < -0.4 is 5.32 Å². The van der Waals surface area contributed by atoms with Crippen molar-refractivity contribution in [1.29, 1.82) is 0 Å². The highest BCUT2D eigenvalue weighted by Crippen LogP contribution is 2.26. The number of carbonyl (C=O) groups excluding carboxylic acids is 1. The predicted octanol–water partition coefficient (Wildman–Crippen LogP) is 1.94. The Kier molecular flexibility index (Phi) is 5.59. The minimum absolute atomic E-state index is 0.00359. The minimum Gasteiger partial charge on any atom is -0.506 e. The number of carbonyl (C=O) groups is 1. The SMILES string of the molecule is CCCN1CCCC(C(=O)Nc2ccc(CO)cc2O)C1. The molecule has 1 aromatic rings. The van der Waals surface area contributed by atoms with Crippen LogP contribution in [0.4, 0.5) is 5.69 Å². The van der Waals surface area contributed by atoms with E-state index in [1.807, 2.05) is 0 Å². The molecular formula is C16H24N2O3. The van der Waals surface area contributed by atoms with Gasteiger partial charge in [0.15, 0.2) is 0 Å². The number of amides is 1. The zero-order valence-electron chi connectivity index (χ0n) is 12.5. The Morgan fingerprint density at radius 3 is 2.95 bits per heavy atom. The molecule has 2 rings (SSSR count). The molecule has 21 heavy (non-hydrogen) atoms. The highest BCUT2D eigenvalue weighted by Gasteiger charge is 2.25. The van der Waals surface area contributed by atoms with Gasteiger partial charge in [0, 0.05) is 6.54 Å². The summed E-state index contributed by atoms with van der Waals surface area (Å²) in [6.07, 6.45) is 3.02. The van der Waals surface area contributed by atoms with Gasteiger partial charge in [-0.2, -0.15) is 0 Å². The van der Waals surface area contributed by atoms with E-state index in [1.165, 1.54) is 6.07 Å². The molecule has 1 aliphatic rings. The molecule has 0 radical (unpaired) electrons. The maximum Gasteiger partial charge on any atom is 0.228 e. The molecule has 1 atom stereocenters. The Hall–Kier alpha value is -1.59. The van der Waals surface area contributed by atoms with Crippen molar-refractivity contribution in [2.45, 2.75) is 32.8 Å². The smallest absolute Gasteiger partial charge is 0.228 e. The average molecular weight is 292 g/mol. The van der Waals surface area contributed by atoms with E-state index in [9.17, 15) is 9.90 Å². The molecule has 0 aromatic heterocycles. The van der Waals surface area contributed by atoms with E-state index in [0.29, 0.717) is 11.3 Å². The predicted molar refractivity (Wildman–Crippen MR) is 82.1 cm³/mol. The zero-order valence-corrected chi connectivity index (χ0v) is 12.5. The second-order valence-electron chi connectivity index (χ2n) is 5.64. The lowest BCUT2D eigenvalue weighted by atomic mass is 9.97. The van der Waals surface area contributed by atoms with Crippen molar-refractivity contribution in [2.24, 2.45) is 5.92 Å². The number of nitrogens with one attached hydrogen (secondary N) is 1. The number of aliphatic hydroxyl groups excluding tert-OH is 1. The van der Waals surface area contributed by atoms with Crippen LogP contribution in [0.1, 0.15) is 31.7 Å². The van der Waals surface area contributed by atoms with Gasteiger partial charge in [-0.25, -0.2) is 0 Å². The van der Waals surface area contributed by atoms with Gasteiger partial charge in [-0.15, -0.1) is 0 Å². The maximum atomic E-state index is 12.3. The van der Waals surface area contributed by atoms with Crippen LogP contribution >= 0.6 is 0 Å². The van der Waals surface area contributed by atoms with Gasteiger partial charge in [0.25, 0.3) is 0 Å². The van der Waals surface area contributed by atoms with Gasteiger partial charge in [-0.3, -0.25) is 4.79 Å². The summed E-state index contributed by atoms with van der Waals surface area (Å²) < 4.78 is 0. The lowest BCUT2D eigenvalue weighted by Crippen LogP contribution is -2.40. The first kappa shape index (κ1) is 15.8. The van der Waals surface area contributed by atoms with Crippen LogP contribution in [0.25, 0.3) is 0 Å². The molecule has 3 N–H and O–H groups in total. The number of aliphatic hydroxyl groups is 1. The van der Waals surface area contributed by atoms with Crippen LogP contribution in [0.15, 0.2) is 18.2 Å². The Labute approximate surface area is 125 Å². The van der Waals surface area contributed by atoms with Gasteiger partial charge in [0.1, 0.15) is 5.75 Å². The second-order valence-corrected chi connectivity index (χ2v) is 5.64. The summed E-state index contributed by atoms with van der Waals surface area (Å²) in [4.78, 5) is 14.6. The number of likely N-dealkylation sites (tertiary alicyclic amines) is 1. The normalized spacial score (nSPS) is 19.4. The molecule has 116 valence electrons. The van der Waals surface area contributed by atoms with Crippen molar-refractivity contribution in [2.75, 3.05) is 25.0 Å². The van der Waals surface area contributed by atoms with E-state index < -0.39 is 0 Å². The first-order chi connectivity index (χ1) is 10.1. The van der Waals surface area contributed by atoms with Crippen molar-refractivity contribution in [3.05, 3.63) is 23.8 Å². The van der Waals surface area contributed by atoms with Gasteiger partial charge in [0.05, 0.1) is 18.2 Å². The van der Waals surface area contributed by atoms with E-state index in [4.69, 9.17) is 5.11 Å².